The van der Waals surface area contributed by atoms with Crippen LogP contribution in [0.15, 0.2) is 72.8 Å². The van der Waals surface area contributed by atoms with Crippen LogP contribution in [0.2, 0.25) is 0 Å². The van der Waals surface area contributed by atoms with Gasteiger partial charge >= 0.3 is 0 Å². The fraction of sp³-hybridized carbons (Fsp3) is 0.333. The summed E-state index contributed by atoms with van der Waals surface area (Å²) in [5.41, 5.74) is 9.49. The van der Waals surface area contributed by atoms with Crippen molar-refractivity contribution in [1.29, 1.82) is 5.41 Å². The van der Waals surface area contributed by atoms with Crippen molar-refractivity contribution in [2.24, 2.45) is 0 Å². The molecule has 1 aliphatic heterocycles. The molecule has 0 spiro atoms. The van der Waals surface area contributed by atoms with Gasteiger partial charge in [0.1, 0.15) is 11.9 Å². The van der Waals surface area contributed by atoms with Gasteiger partial charge in [0.15, 0.2) is 6.10 Å². The summed E-state index contributed by atoms with van der Waals surface area (Å²) in [5.74, 6) is 0.490. The SMILES string of the molecule is COCCN1CCC(Oc2ccc(C(=N)c3cc(NC(=O)C(OC)c4ccccc4)ccc3N)cc2)CC1. The van der Waals surface area contributed by atoms with Crippen LogP contribution >= 0.6 is 0 Å². The molecule has 0 saturated carbocycles. The number of benzene rings is 3. The molecule has 8 heteroatoms. The third-order valence-electron chi connectivity index (χ3n) is 6.76. The molecule has 1 fully saturated rings. The Labute approximate surface area is 224 Å². The molecule has 200 valence electrons. The van der Waals surface area contributed by atoms with Crippen LogP contribution in [-0.2, 0) is 14.3 Å². The average molecular weight is 517 g/mol. The molecule has 1 unspecified atom stereocenters. The van der Waals surface area contributed by atoms with Crippen LogP contribution in [0.4, 0.5) is 11.4 Å². The van der Waals surface area contributed by atoms with Crippen molar-refractivity contribution in [3.05, 3.63) is 89.5 Å². The van der Waals surface area contributed by atoms with Gasteiger partial charge in [-0.25, -0.2) is 0 Å². The highest BCUT2D eigenvalue weighted by Gasteiger charge is 2.22. The Kier molecular flexibility index (Phi) is 9.48. The summed E-state index contributed by atoms with van der Waals surface area (Å²) in [4.78, 5) is 15.3. The second-order valence-electron chi connectivity index (χ2n) is 9.37. The van der Waals surface area contributed by atoms with E-state index in [0.717, 1.165) is 50.4 Å². The lowest BCUT2D eigenvalue weighted by molar-refractivity contribution is -0.126. The molecule has 0 aromatic heterocycles. The van der Waals surface area contributed by atoms with Crippen molar-refractivity contribution in [1.82, 2.24) is 4.90 Å². The Morgan fingerprint density at radius 1 is 1.05 bits per heavy atom. The van der Waals surface area contributed by atoms with Gasteiger partial charge in [-0.1, -0.05) is 30.3 Å². The Morgan fingerprint density at radius 2 is 1.76 bits per heavy atom. The van der Waals surface area contributed by atoms with Crippen LogP contribution in [-0.4, -0.2) is 63.1 Å². The Balaban J connectivity index is 1.38. The predicted molar refractivity (Wildman–Crippen MR) is 150 cm³/mol. The van der Waals surface area contributed by atoms with E-state index >= 15 is 0 Å². The molecule has 3 aromatic rings. The van der Waals surface area contributed by atoms with Crippen LogP contribution in [0.25, 0.3) is 0 Å². The standard InChI is InChI=1S/C30H36N4O4/c1-36-19-18-34-16-14-25(15-17-34)38-24-11-8-21(9-12-24)28(32)26-20-23(10-13-27(26)31)33-30(35)29(37-2)22-6-4-3-5-7-22/h3-13,20,25,29,32H,14-19,31H2,1-2H3,(H,33,35). The van der Waals surface area contributed by atoms with E-state index in [1.807, 2.05) is 54.6 Å². The number of likely N-dealkylation sites (tertiary alicyclic amines) is 1. The first kappa shape index (κ1) is 27.3. The normalized spacial score (nSPS) is 15.1. The monoisotopic (exact) mass is 516 g/mol. The summed E-state index contributed by atoms with van der Waals surface area (Å²) in [6, 6.07) is 22.0. The van der Waals surface area contributed by atoms with E-state index < -0.39 is 6.10 Å². The number of carbonyl (C=O) groups excluding carboxylic acids is 1. The number of carbonyl (C=O) groups is 1. The maximum absolute atomic E-state index is 12.9. The first-order valence-electron chi connectivity index (χ1n) is 12.8. The van der Waals surface area contributed by atoms with Gasteiger partial charge in [-0.2, -0.15) is 0 Å². The summed E-state index contributed by atoms with van der Waals surface area (Å²) in [7, 11) is 3.23. The Morgan fingerprint density at radius 3 is 2.42 bits per heavy atom. The lowest BCUT2D eigenvalue weighted by Gasteiger charge is -2.31. The topological polar surface area (TPSA) is 110 Å². The first-order valence-corrected chi connectivity index (χ1v) is 12.8. The van der Waals surface area contributed by atoms with Crippen LogP contribution in [0, 0.1) is 5.41 Å². The van der Waals surface area contributed by atoms with Crippen LogP contribution in [0.3, 0.4) is 0 Å². The molecule has 0 bridgehead atoms. The van der Waals surface area contributed by atoms with Crippen molar-refractivity contribution in [3.8, 4) is 5.75 Å². The molecule has 8 nitrogen and oxygen atoms in total. The number of rotatable bonds is 11. The summed E-state index contributed by atoms with van der Waals surface area (Å²) >= 11 is 0. The summed E-state index contributed by atoms with van der Waals surface area (Å²) < 4.78 is 16.8. The zero-order valence-electron chi connectivity index (χ0n) is 22.0. The minimum atomic E-state index is -0.748. The zero-order chi connectivity index (χ0) is 26.9. The fourth-order valence-electron chi connectivity index (χ4n) is 4.60. The molecule has 3 aromatic carbocycles. The summed E-state index contributed by atoms with van der Waals surface area (Å²) in [6.45, 7) is 3.70. The molecular formula is C30H36N4O4. The maximum Gasteiger partial charge on any atom is 0.258 e. The van der Waals surface area contributed by atoms with Gasteiger partial charge in [0, 0.05) is 56.4 Å². The fourth-order valence-corrected chi connectivity index (χ4v) is 4.60. The van der Waals surface area contributed by atoms with E-state index in [-0.39, 0.29) is 17.7 Å². The molecule has 38 heavy (non-hydrogen) atoms. The zero-order valence-corrected chi connectivity index (χ0v) is 22.0. The lowest BCUT2D eigenvalue weighted by Crippen LogP contribution is -2.39. The minimum absolute atomic E-state index is 0.182. The smallest absolute Gasteiger partial charge is 0.258 e. The molecule has 1 amide bonds. The van der Waals surface area contributed by atoms with E-state index in [4.69, 9.17) is 25.4 Å². The molecule has 1 aliphatic rings. The molecule has 4 rings (SSSR count). The number of nitrogens with two attached hydrogens (primary N) is 1. The summed E-state index contributed by atoms with van der Waals surface area (Å²) in [6.07, 6.45) is 1.39. The first-order chi connectivity index (χ1) is 18.5. The predicted octanol–water partition coefficient (Wildman–Crippen LogP) is 4.50. The molecular weight excluding hydrogens is 480 g/mol. The number of anilines is 2. The molecule has 1 heterocycles. The van der Waals surface area contributed by atoms with Crippen molar-refractivity contribution in [3.63, 3.8) is 0 Å². The number of amides is 1. The lowest BCUT2D eigenvalue weighted by atomic mass is 10.00. The Bertz CT molecular complexity index is 1210. The van der Waals surface area contributed by atoms with Crippen molar-refractivity contribution in [2.45, 2.75) is 25.0 Å². The molecule has 1 atom stereocenters. The number of nitrogens with one attached hydrogen (secondary N) is 2. The molecule has 0 radical (unpaired) electrons. The van der Waals surface area contributed by atoms with Crippen LogP contribution in [0.5, 0.6) is 5.75 Å². The number of ether oxygens (including phenoxy) is 3. The van der Waals surface area contributed by atoms with Gasteiger partial charge in [-0.05, 0) is 60.9 Å². The van der Waals surface area contributed by atoms with E-state index in [0.29, 0.717) is 22.5 Å². The number of nitrogen functional groups attached to an aromatic ring is 1. The number of piperidine rings is 1. The number of hydrogen-bond donors (Lipinski definition) is 3. The van der Waals surface area contributed by atoms with Gasteiger partial charge in [0.2, 0.25) is 0 Å². The molecule has 4 N–H and O–H groups in total. The Hall–Kier alpha value is -3.72. The minimum Gasteiger partial charge on any atom is -0.490 e. The van der Waals surface area contributed by atoms with Crippen molar-refractivity contribution >= 4 is 23.0 Å². The van der Waals surface area contributed by atoms with Crippen molar-refractivity contribution < 1.29 is 19.0 Å². The number of nitrogens with zero attached hydrogens (tertiary/aromatic N) is 1. The van der Waals surface area contributed by atoms with Gasteiger partial charge in [-0.3, -0.25) is 10.2 Å². The largest absolute Gasteiger partial charge is 0.490 e. The van der Waals surface area contributed by atoms with Crippen molar-refractivity contribution in [2.75, 3.05) is 51.5 Å². The quantitative estimate of drug-likeness (QED) is 0.256. The maximum atomic E-state index is 12.9. The number of hydrogen-bond acceptors (Lipinski definition) is 7. The third kappa shape index (κ3) is 6.98. The second kappa shape index (κ2) is 13.2. The van der Waals surface area contributed by atoms with E-state index in [9.17, 15) is 4.79 Å². The average Bonchev–Trinajstić information content (AvgIpc) is 2.95. The van der Waals surface area contributed by atoms with Crippen LogP contribution < -0.4 is 15.8 Å². The van der Waals surface area contributed by atoms with Gasteiger partial charge < -0.3 is 30.2 Å². The van der Waals surface area contributed by atoms with Crippen LogP contribution in [0.1, 0.15) is 35.6 Å². The highest BCUT2D eigenvalue weighted by molar-refractivity contribution is 6.14. The molecule has 1 saturated heterocycles. The van der Waals surface area contributed by atoms with E-state index in [1.54, 1.807) is 25.3 Å². The highest BCUT2D eigenvalue weighted by atomic mass is 16.5. The third-order valence-corrected chi connectivity index (χ3v) is 6.76. The second-order valence-corrected chi connectivity index (χ2v) is 9.37. The van der Waals surface area contributed by atoms with Gasteiger partial charge in [0.25, 0.3) is 5.91 Å². The number of methoxy groups -OCH3 is 2. The molecule has 0 aliphatic carbocycles. The van der Waals surface area contributed by atoms with E-state index in [2.05, 4.69) is 10.2 Å². The van der Waals surface area contributed by atoms with E-state index in [1.165, 1.54) is 7.11 Å². The van der Waals surface area contributed by atoms with Gasteiger partial charge in [0.05, 0.1) is 12.3 Å². The van der Waals surface area contributed by atoms with Gasteiger partial charge in [-0.15, -0.1) is 0 Å². The highest BCUT2D eigenvalue weighted by Crippen LogP contribution is 2.25. The summed E-state index contributed by atoms with van der Waals surface area (Å²) in [5, 5.41) is 11.7.